The van der Waals surface area contributed by atoms with Crippen LogP contribution in [0.5, 0.6) is 0 Å². The summed E-state index contributed by atoms with van der Waals surface area (Å²) in [6, 6.07) is 39.9. The van der Waals surface area contributed by atoms with Gasteiger partial charge in [0.25, 0.3) is 0 Å². The van der Waals surface area contributed by atoms with Gasteiger partial charge >= 0.3 is 0 Å². The van der Waals surface area contributed by atoms with Crippen LogP contribution in [0.15, 0.2) is 140 Å². The van der Waals surface area contributed by atoms with Gasteiger partial charge in [-0.3, -0.25) is 9.97 Å². The van der Waals surface area contributed by atoms with Crippen LogP contribution >= 0.6 is 0 Å². The maximum absolute atomic E-state index is 5.02. The molecule has 0 radical (unpaired) electrons. The average molecular weight is 590 g/mol. The summed E-state index contributed by atoms with van der Waals surface area (Å²) in [7, 11) is 0. The van der Waals surface area contributed by atoms with Crippen LogP contribution in [-0.4, -0.2) is 34.9 Å². The van der Waals surface area contributed by atoms with Gasteiger partial charge in [-0.2, -0.15) is 0 Å². The number of rotatable bonds is 4. The highest BCUT2D eigenvalue weighted by Crippen LogP contribution is 2.34. The van der Waals surface area contributed by atoms with Crippen molar-refractivity contribution in [3.63, 3.8) is 0 Å². The smallest absolute Gasteiger partial charge is 0.181 e. The van der Waals surface area contributed by atoms with E-state index in [1.165, 1.54) is 12.7 Å². The lowest BCUT2D eigenvalue weighted by Gasteiger charge is -2.11. The second-order valence-corrected chi connectivity index (χ2v) is 11.1. The Kier molecular flexibility index (Phi) is 5.99. The summed E-state index contributed by atoms with van der Waals surface area (Å²) in [5, 5.41) is 4.31. The van der Waals surface area contributed by atoms with E-state index >= 15 is 0 Å². The molecule has 7 nitrogen and oxygen atoms in total. The molecule has 4 aromatic carbocycles. The summed E-state index contributed by atoms with van der Waals surface area (Å²) in [4.78, 5) is 31.3. The first kappa shape index (κ1) is 26.0. The number of fused-ring (bicyclic) bond motifs is 5. The van der Waals surface area contributed by atoms with Crippen LogP contribution in [-0.2, 0) is 0 Å². The van der Waals surface area contributed by atoms with Crippen molar-refractivity contribution < 1.29 is 0 Å². The van der Waals surface area contributed by atoms with E-state index < -0.39 is 0 Å². The first-order valence-corrected chi connectivity index (χ1v) is 14.9. The Bertz CT molecular complexity index is 2580. The van der Waals surface area contributed by atoms with Gasteiger partial charge in [0.05, 0.1) is 27.8 Å². The highest BCUT2D eigenvalue weighted by atomic mass is 15.0. The van der Waals surface area contributed by atoms with E-state index in [0.717, 1.165) is 82.8 Å². The van der Waals surface area contributed by atoms with Gasteiger partial charge in [-0.25, -0.2) is 24.9 Å². The van der Waals surface area contributed by atoms with Gasteiger partial charge in [0.1, 0.15) is 18.3 Å². The van der Waals surface area contributed by atoms with Gasteiger partial charge in [-0.05, 0) is 76.9 Å². The van der Waals surface area contributed by atoms with Crippen molar-refractivity contribution >= 4 is 43.6 Å². The van der Waals surface area contributed by atoms with E-state index in [9.17, 15) is 0 Å². The molecule has 0 aliphatic heterocycles. The van der Waals surface area contributed by atoms with Crippen LogP contribution in [0, 0.1) is 0 Å². The van der Waals surface area contributed by atoms with Crippen molar-refractivity contribution in [2.45, 2.75) is 0 Å². The molecule has 0 spiro atoms. The van der Waals surface area contributed by atoms with Gasteiger partial charge < -0.3 is 0 Å². The number of hydrogen-bond donors (Lipinski definition) is 0. The Balaban J connectivity index is 1.02. The van der Waals surface area contributed by atoms with Gasteiger partial charge in [0.15, 0.2) is 5.82 Å². The Morgan fingerprint density at radius 1 is 0.413 bits per heavy atom. The first-order chi connectivity index (χ1) is 22.8. The van der Waals surface area contributed by atoms with E-state index in [2.05, 4.69) is 116 Å². The number of benzene rings is 4. The van der Waals surface area contributed by atoms with Gasteiger partial charge in [-0.15, -0.1) is 0 Å². The van der Waals surface area contributed by atoms with Gasteiger partial charge in [-0.1, -0.05) is 60.7 Å². The third kappa shape index (κ3) is 4.50. The second kappa shape index (κ2) is 10.6. The summed E-state index contributed by atoms with van der Waals surface area (Å²) in [6.45, 7) is 0. The molecule has 0 saturated heterocycles. The van der Waals surface area contributed by atoms with Crippen molar-refractivity contribution in [1.82, 2.24) is 34.9 Å². The minimum absolute atomic E-state index is 0.562. The molecule has 0 bridgehead atoms. The molecule has 0 amide bonds. The molecule has 214 valence electrons. The molecule has 46 heavy (non-hydrogen) atoms. The molecule has 9 rings (SSSR count). The molecular formula is C39H23N7. The molecule has 0 fully saturated rings. The fraction of sp³-hybridized carbons (Fsp3) is 0. The molecule has 5 aromatic heterocycles. The first-order valence-electron chi connectivity index (χ1n) is 14.9. The highest BCUT2D eigenvalue weighted by molar-refractivity contribution is 6.10. The van der Waals surface area contributed by atoms with Crippen molar-refractivity contribution in [1.29, 1.82) is 0 Å². The van der Waals surface area contributed by atoms with E-state index in [1.807, 2.05) is 36.7 Å². The Hall–Kier alpha value is -6.47. The van der Waals surface area contributed by atoms with E-state index in [-0.39, 0.29) is 0 Å². The monoisotopic (exact) mass is 589 g/mol. The SMILES string of the molecule is c1cnc2c(c1)cc(-c1ccc(-c3ccc4cc(-c5ccc6nc(-c7ncncn7)ccc6c5)ccc4n3)cc1)c1cccnc12. The lowest BCUT2D eigenvalue weighted by Crippen LogP contribution is -1.92. The van der Waals surface area contributed by atoms with Crippen LogP contribution in [0.2, 0.25) is 0 Å². The second-order valence-electron chi connectivity index (χ2n) is 11.1. The van der Waals surface area contributed by atoms with Crippen molar-refractivity contribution in [3.05, 3.63) is 140 Å². The molecule has 7 heteroatoms. The van der Waals surface area contributed by atoms with Gasteiger partial charge in [0, 0.05) is 39.5 Å². The molecule has 0 N–H and O–H groups in total. The molecule has 5 heterocycles. The summed E-state index contributed by atoms with van der Waals surface area (Å²) in [6.07, 6.45) is 6.61. The zero-order chi connectivity index (χ0) is 30.5. The largest absolute Gasteiger partial charge is 0.254 e. The average Bonchev–Trinajstić information content (AvgIpc) is 3.14. The van der Waals surface area contributed by atoms with E-state index in [1.54, 1.807) is 0 Å². The highest BCUT2D eigenvalue weighted by Gasteiger charge is 2.12. The maximum atomic E-state index is 5.02. The van der Waals surface area contributed by atoms with Crippen molar-refractivity contribution in [2.24, 2.45) is 0 Å². The topological polar surface area (TPSA) is 90.2 Å². The fourth-order valence-electron chi connectivity index (χ4n) is 6.10. The molecule has 0 aliphatic rings. The predicted molar refractivity (Wildman–Crippen MR) is 183 cm³/mol. The van der Waals surface area contributed by atoms with E-state index in [0.29, 0.717) is 5.82 Å². The number of nitrogens with zero attached hydrogens (tertiary/aromatic N) is 7. The zero-order valence-corrected chi connectivity index (χ0v) is 24.4. The Morgan fingerprint density at radius 3 is 1.76 bits per heavy atom. The molecule has 0 saturated carbocycles. The fourth-order valence-corrected chi connectivity index (χ4v) is 6.10. The molecule has 0 aliphatic carbocycles. The zero-order valence-electron chi connectivity index (χ0n) is 24.4. The van der Waals surface area contributed by atoms with Crippen LogP contribution in [0.1, 0.15) is 0 Å². The van der Waals surface area contributed by atoms with Crippen LogP contribution in [0.3, 0.4) is 0 Å². The minimum atomic E-state index is 0.562. The summed E-state index contributed by atoms with van der Waals surface area (Å²) < 4.78 is 0. The number of aromatic nitrogens is 7. The summed E-state index contributed by atoms with van der Waals surface area (Å²) in [5.74, 6) is 0.562. The minimum Gasteiger partial charge on any atom is -0.254 e. The normalized spacial score (nSPS) is 11.5. The number of pyridine rings is 4. The summed E-state index contributed by atoms with van der Waals surface area (Å²) in [5.41, 5.74) is 10.9. The third-order valence-corrected chi connectivity index (χ3v) is 8.39. The van der Waals surface area contributed by atoms with Gasteiger partial charge in [0.2, 0.25) is 0 Å². The van der Waals surface area contributed by atoms with Crippen LogP contribution in [0.25, 0.3) is 88.6 Å². The lowest BCUT2D eigenvalue weighted by molar-refractivity contribution is 1.05. The number of hydrogen-bond acceptors (Lipinski definition) is 7. The molecule has 0 atom stereocenters. The lowest BCUT2D eigenvalue weighted by atomic mass is 9.96. The van der Waals surface area contributed by atoms with Crippen LogP contribution < -0.4 is 0 Å². The predicted octanol–water partition coefficient (Wildman–Crippen LogP) is 8.73. The molecular weight excluding hydrogens is 566 g/mol. The standard InChI is InChI=1S/C39H23N7/c1-3-30-21-32(31-4-2-18-42-38(31)37(30)41-17-1)24-5-7-25(8-6-24)33-15-11-28-19-26(9-13-34(28)45-33)27-10-14-35-29(20-27)12-16-36(46-35)39-43-22-40-23-44-39/h1-23H. The molecule has 9 aromatic rings. The van der Waals surface area contributed by atoms with Crippen LogP contribution in [0.4, 0.5) is 0 Å². The van der Waals surface area contributed by atoms with E-state index in [4.69, 9.17) is 9.97 Å². The van der Waals surface area contributed by atoms with Crippen molar-refractivity contribution in [3.8, 4) is 45.0 Å². The molecule has 0 unspecified atom stereocenters. The summed E-state index contributed by atoms with van der Waals surface area (Å²) >= 11 is 0. The van der Waals surface area contributed by atoms with Crippen molar-refractivity contribution in [2.75, 3.05) is 0 Å². The maximum Gasteiger partial charge on any atom is 0.181 e. The quantitative estimate of drug-likeness (QED) is 0.190. The Labute approximate surface area is 263 Å². The Morgan fingerprint density at radius 2 is 1.02 bits per heavy atom. The third-order valence-electron chi connectivity index (χ3n) is 8.39.